The van der Waals surface area contributed by atoms with Gasteiger partial charge in [-0.25, -0.2) is 9.37 Å². The van der Waals surface area contributed by atoms with Crippen molar-refractivity contribution in [2.24, 2.45) is 0 Å². The molecule has 4 heteroatoms. The summed E-state index contributed by atoms with van der Waals surface area (Å²) in [6.07, 6.45) is 2.25. The van der Waals surface area contributed by atoms with Crippen LogP contribution in [0.2, 0.25) is 0 Å². The SMILES string of the molecule is N#Cc1ncccc1N1CCC[C@@H](F)C1. The molecule has 1 fully saturated rings. The number of pyridine rings is 1. The van der Waals surface area contributed by atoms with E-state index in [1.54, 1.807) is 12.3 Å². The Morgan fingerprint density at radius 3 is 3.20 bits per heavy atom. The molecule has 0 bridgehead atoms. The number of halogens is 1. The molecule has 0 amide bonds. The summed E-state index contributed by atoms with van der Waals surface area (Å²) in [5, 5.41) is 8.88. The Hall–Kier alpha value is -1.63. The van der Waals surface area contributed by atoms with Gasteiger partial charge in [-0.2, -0.15) is 5.26 Å². The van der Waals surface area contributed by atoms with Crippen LogP contribution in [0.15, 0.2) is 18.3 Å². The van der Waals surface area contributed by atoms with Crippen molar-refractivity contribution in [1.82, 2.24) is 4.98 Å². The van der Waals surface area contributed by atoms with Crippen molar-refractivity contribution < 1.29 is 4.39 Å². The summed E-state index contributed by atoms with van der Waals surface area (Å²) in [5.41, 5.74) is 1.13. The molecular formula is C11H12FN3. The Bertz CT molecular complexity index is 386. The largest absolute Gasteiger partial charge is 0.366 e. The van der Waals surface area contributed by atoms with E-state index in [2.05, 4.69) is 4.98 Å². The Kier molecular flexibility index (Phi) is 2.82. The molecule has 78 valence electrons. The molecule has 15 heavy (non-hydrogen) atoms. The van der Waals surface area contributed by atoms with Crippen molar-refractivity contribution in [3.63, 3.8) is 0 Å². The van der Waals surface area contributed by atoms with Gasteiger partial charge in [0.25, 0.3) is 0 Å². The summed E-state index contributed by atoms with van der Waals surface area (Å²) >= 11 is 0. The molecule has 0 N–H and O–H groups in total. The molecule has 0 spiro atoms. The normalized spacial score (nSPS) is 21.1. The van der Waals surface area contributed by atoms with Gasteiger partial charge in [-0.15, -0.1) is 0 Å². The Morgan fingerprint density at radius 2 is 2.47 bits per heavy atom. The zero-order chi connectivity index (χ0) is 10.7. The van der Waals surface area contributed by atoms with Crippen LogP contribution in [0.4, 0.5) is 10.1 Å². The van der Waals surface area contributed by atoms with E-state index >= 15 is 0 Å². The van der Waals surface area contributed by atoms with Crippen molar-refractivity contribution in [3.8, 4) is 6.07 Å². The number of hydrogen-bond donors (Lipinski definition) is 0. The number of hydrogen-bond acceptors (Lipinski definition) is 3. The first-order valence-electron chi connectivity index (χ1n) is 5.05. The van der Waals surface area contributed by atoms with Crippen LogP contribution < -0.4 is 4.90 Å². The molecule has 1 atom stereocenters. The monoisotopic (exact) mass is 205 g/mol. The van der Waals surface area contributed by atoms with E-state index in [4.69, 9.17) is 5.26 Å². The van der Waals surface area contributed by atoms with E-state index in [9.17, 15) is 4.39 Å². The minimum atomic E-state index is -0.787. The summed E-state index contributed by atoms with van der Waals surface area (Å²) < 4.78 is 13.2. The van der Waals surface area contributed by atoms with Gasteiger partial charge >= 0.3 is 0 Å². The fraction of sp³-hybridized carbons (Fsp3) is 0.455. The first-order chi connectivity index (χ1) is 7.31. The van der Waals surface area contributed by atoms with Crippen LogP contribution in [0.1, 0.15) is 18.5 Å². The molecule has 1 aromatic heterocycles. The van der Waals surface area contributed by atoms with E-state index in [1.807, 2.05) is 17.0 Å². The molecule has 1 aromatic rings. The molecular weight excluding hydrogens is 193 g/mol. The average molecular weight is 205 g/mol. The molecule has 3 nitrogen and oxygen atoms in total. The quantitative estimate of drug-likeness (QED) is 0.702. The van der Waals surface area contributed by atoms with Gasteiger partial charge in [0.2, 0.25) is 0 Å². The van der Waals surface area contributed by atoms with Gasteiger partial charge in [-0.1, -0.05) is 0 Å². The van der Waals surface area contributed by atoms with Gasteiger partial charge in [-0.3, -0.25) is 0 Å². The van der Waals surface area contributed by atoms with E-state index < -0.39 is 6.17 Å². The van der Waals surface area contributed by atoms with Gasteiger partial charge < -0.3 is 4.90 Å². The minimum absolute atomic E-state index is 0.375. The highest BCUT2D eigenvalue weighted by atomic mass is 19.1. The average Bonchev–Trinajstić information content (AvgIpc) is 2.29. The summed E-state index contributed by atoms with van der Waals surface area (Å²) in [4.78, 5) is 5.87. The Balaban J connectivity index is 2.25. The summed E-state index contributed by atoms with van der Waals surface area (Å²) in [6, 6.07) is 5.63. The molecule has 0 aromatic carbocycles. The molecule has 0 radical (unpaired) electrons. The second-order valence-corrected chi connectivity index (χ2v) is 3.67. The number of nitriles is 1. The number of nitrogens with zero attached hydrogens (tertiary/aromatic N) is 3. The van der Waals surface area contributed by atoms with Crippen molar-refractivity contribution in [3.05, 3.63) is 24.0 Å². The van der Waals surface area contributed by atoms with Gasteiger partial charge in [0.15, 0.2) is 5.69 Å². The van der Waals surface area contributed by atoms with E-state index in [-0.39, 0.29) is 0 Å². The predicted octanol–water partition coefficient (Wildman–Crippen LogP) is 1.89. The van der Waals surface area contributed by atoms with Crippen LogP contribution in [0.3, 0.4) is 0 Å². The zero-order valence-corrected chi connectivity index (χ0v) is 8.36. The third-order valence-corrected chi connectivity index (χ3v) is 2.60. The van der Waals surface area contributed by atoms with Crippen molar-refractivity contribution in [2.45, 2.75) is 19.0 Å². The molecule has 0 unspecified atom stereocenters. The minimum Gasteiger partial charge on any atom is -0.366 e. The lowest BCUT2D eigenvalue weighted by atomic mass is 10.1. The maximum Gasteiger partial charge on any atom is 0.163 e. The van der Waals surface area contributed by atoms with Crippen LogP contribution in [-0.4, -0.2) is 24.2 Å². The molecule has 1 aliphatic heterocycles. The lowest BCUT2D eigenvalue weighted by Gasteiger charge is -2.31. The summed E-state index contributed by atoms with van der Waals surface area (Å²) in [5.74, 6) is 0. The second kappa shape index (κ2) is 4.26. The number of rotatable bonds is 1. The molecule has 0 aliphatic carbocycles. The smallest absolute Gasteiger partial charge is 0.163 e. The Morgan fingerprint density at radius 1 is 1.60 bits per heavy atom. The number of piperidine rings is 1. The van der Waals surface area contributed by atoms with Crippen LogP contribution in [0, 0.1) is 11.3 Å². The molecule has 0 saturated carbocycles. The number of aromatic nitrogens is 1. The lowest BCUT2D eigenvalue weighted by molar-refractivity contribution is 0.286. The third-order valence-electron chi connectivity index (χ3n) is 2.60. The van der Waals surface area contributed by atoms with Crippen molar-refractivity contribution in [1.29, 1.82) is 5.26 Å². The molecule has 1 saturated heterocycles. The first-order valence-corrected chi connectivity index (χ1v) is 5.05. The van der Waals surface area contributed by atoms with E-state index in [0.717, 1.165) is 18.7 Å². The third kappa shape index (κ3) is 2.07. The van der Waals surface area contributed by atoms with Crippen molar-refractivity contribution >= 4 is 5.69 Å². The maximum atomic E-state index is 13.2. The lowest BCUT2D eigenvalue weighted by Crippen LogP contribution is -2.36. The van der Waals surface area contributed by atoms with Gasteiger partial charge in [-0.05, 0) is 25.0 Å². The van der Waals surface area contributed by atoms with Crippen LogP contribution in [0.25, 0.3) is 0 Å². The van der Waals surface area contributed by atoms with E-state index in [0.29, 0.717) is 18.7 Å². The van der Waals surface area contributed by atoms with Gasteiger partial charge in [0, 0.05) is 19.3 Å². The van der Waals surface area contributed by atoms with E-state index in [1.165, 1.54) is 0 Å². The number of anilines is 1. The topological polar surface area (TPSA) is 39.9 Å². The fourth-order valence-electron chi connectivity index (χ4n) is 1.88. The standard InChI is InChI=1S/C11H12FN3/c12-9-3-2-6-15(8-9)11-4-1-5-14-10(11)7-13/h1,4-5,9H,2-3,6,8H2/t9-/m1/s1. The highest BCUT2D eigenvalue weighted by Crippen LogP contribution is 2.23. The van der Waals surface area contributed by atoms with Crippen LogP contribution in [-0.2, 0) is 0 Å². The summed E-state index contributed by atoms with van der Waals surface area (Å²) in [6.45, 7) is 1.18. The first kappa shape index (κ1) is 9.91. The maximum absolute atomic E-state index is 13.2. The highest BCUT2D eigenvalue weighted by Gasteiger charge is 2.21. The summed E-state index contributed by atoms with van der Waals surface area (Å²) in [7, 11) is 0. The van der Waals surface area contributed by atoms with Crippen LogP contribution >= 0.6 is 0 Å². The van der Waals surface area contributed by atoms with Crippen molar-refractivity contribution in [2.75, 3.05) is 18.0 Å². The zero-order valence-electron chi connectivity index (χ0n) is 8.36. The number of alkyl halides is 1. The molecule has 2 heterocycles. The van der Waals surface area contributed by atoms with Crippen LogP contribution in [0.5, 0.6) is 0 Å². The second-order valence-electron chi connectivity index (χ2n) is 3.67. The highest BCUT2D eigenvalue weighted by molar-refractivity contribution is 5.55. The Labute approximate surface area is 88.2 Å². The molecule has 2 rings (SSSR count). The molecule has 1 aliphatic rings. The fourth-order valence-corrected chi connectivity index (χ4v) is 1.88. The van der Waals surface area contributed by atoms with Gasteiger partial charge in [0.05, 0.1) is 5.69 Å². The predicted molar refractivity (Wildman–Crippen MR) is 55.3 cm³/mol. The van der Waals surface area contributed by atoms with Gasteiger partial charge in [0.1, 0.15) is 12.2 Å².